The Bertz CT molecular complexity index is 499. The molecule has 2 aromatic rings. The van der Waals surface area contributed by atoms with Crippen molar-refractivity contribution in [1.29, 1.82) is 0 Å². The van der Waals surface area contributed by atoms with Crippen LogP contribution in [0.1, 0.15) is 11.8 Å². The molecular formula is C10H9F2N3O. The van der Waals surface area contributed by atoms with Crippen molar-refractivity contribution in [2.45, 2.75) is 13.5 Å². The van der Waals surface area contributed by atoms with Crippen LogP contribution in [0.4, 0.5) is 14.5 Å². The molecule has 0 fully saturated rings. The van der Waals surface area contributed by atoms with Crippen molar-refractivity contribution in [3.05, 3.63) is 41.6 Å². The van der Waals surface area contributed by atoms with E-state index in [1.165, 1.54) is 6.07 Å². The standard InChI is InChI=1S/C10H9F2N3O/c1-6-14-15-10(16-6)5-13-7-2-3-8(11)9(12)4-7/h2-4,13H,5H2,1H3. The SMILES string of the molecule is Cc1nnc(CNc2ccc(F)c(F)c2)o1. The fourth-order valence-electron chi connectivity index (χ4n) is 1.19. The summed E-state index contributed by atoms with van der Waals surface area (Å²) >= 11 is 0. The molecule has 1 aromatic carbocycles. The molecule has 84 valence electrons. The number of benzene rings is 1. The first-order valence-corrected chi connectivity index (χ1v) is 4.63. The molecule has 1 aromatic heterocycles. The Hall–Kier alpha value is -1.98. The first kappa shape index (κ1) is 10.5. The third-order valence-electron chi connectivity index (χ3n) is 1.93. The van der Waals surface area contributed by atoms with Crippen molar-refractivity contribution >= 4 is 5.69 Å². The number of aromatic nitrogens is 2. The van der Waals surface area contributed by atoms with Gasteiger partial charge in [-0.1, -0.05) is 0 Å². The zero-order chi connectivity index (χ0) is 11.5. The predicted molar refractivity (Wildman–Crippen MR) is 52.7 cm³/mol. The number of rotatable bonds is 3. The molecule has 1 N–H and O–H groups in total. The van der Waals surface area contributed by atoms with Gasteiger partial charge < -0.3 is 9.73 Å². The molecule has 0 aliphatic heterocycles. The highest BCUT2D eigenvalue weighted by Gasteiger charge is 2.04. The molecule has 2 rings (SSSR count). The number of nitrogens with zero attached hydrogens (tertiary/aromatic N) is 2. The largest absolute Gasteiger partial charge is 0.424 e. The highest BCUT2D eigenvalue weighted by atomic mass is 19.2. The van der Waals surface area contributed by atoms with E-state index in [0.29, 0.717) is 17.5 Å². The Balaban J connectivity index is 2.02. The fourth-order valence-corrected chi connectivity index (χ4v) is 1.19. The van der Waals surface area contributed by atoms with Crippen molar-refractivity contribution in [2.75, 3.05) is 5.32 Å². The monoisotopic (exact) mass is 225 g/mol. The van der Waals surface area contributed by atoms with Crippen LogP contribution in [0.2, 0.25) is 0 Å². The summed E-state index contributed by atoms with van der Waals surface area (Å²) in [6.45, 7) is 1.94. The first-order valence-electron chi connectivity index (χ1n) is 4.63. The van der Waals surface area contributed by atoms with Gasteiger partial charge in [0.1, 0.15) is 0 Å². The molecule has 0 aliphatic carbocycles. The molecule has 16 heavy (non-hydrogen) atoms. The second-order valence-electron chi connectivity index (χ2n) is 3.20. The van der Waals surface area contributed by atoms with Gasteiger partial charge in [0.05, 0.1) is 6.54 Å². The Morgan fingerprint density at radius 2 is 2.06 bits per heavy atom. The molecule has 0 radical (unpaired) electrons. The fraction of sp³-hybridized carbons (Fsp3) is 0.200. The first-order chi connectivity index (χ1) is 7.65. The molecule has 0 saturated heterocycles. The van der Waals surface area contributed by atoms with Crippen LogP contribution in [-0.2, 0) is 6.54 Å². The maximum absolute atomic E-state index is 12.8. The third kappa shape index (κ3) is 2.33. The summed E-state index contributed by atoms with van der Waals surface area (Å²) in [5, 5.41) is 10.2. The second kappa shape index (κ2) is 4.26. The molecule has 0 bridgehead atoms. The van der Waals surface area contributed by atoms with E-state index in [-0.39, 0.29) is 6.54 Å². The molecule has 1 heterocycles. The minimum absolute atomic E-state index is 0.270. The molecule has 0 saturated carbocycles. The summed E-state index contributed by atoms with van der Waals surface area (Å²) in [7, 11) is 0. The van der Waals surface area contributed by atoms with Crippen molar-refractivity contribution in [2.24, 2.45) is 0 Å². The van der Waals surface area contributed by atoms with Crippen LogP contribution in [0, 0.1) is 18.6 Å². The molecule has 0 atom stereocenters. The van der Waals surface area contributed by atoms with Crippen molar-refractivity contribution < 1.29 is 13.2 Å². The predicted octanol–water partition coefficient (Wildman–Crippen LogP) is 2.27. The summed E-state index contributed by atoms with van der Waals surface area (Å²) in [6, 6.07) is 3.55. The van der Waals surface area contributed by atoms with E-state index < -0.39 is 11.6 Å². The lowest BCUT2D eigenvalue weighted by molar-refractivity contribution is 0.474. The van der Waals surface area contributed by atoms with Crippen LogP contribution in [0.3, 0.4) is 0 Å². The van der Waals surface area contributed by atoms with Crippen LogP contribution < -0.4 is 5.32 Å². The molecule has 0 aliphatic rings. The quantitative estimate of drug-likeness (QED) is 0.870. The lowest BCUT2D eigenvalue weighted by Gasteiger charge is -2.03. The Morgan fingerprint density at radius 3 is 2.69 bits per heavy atom. The lowest BCUT2D eigenvalue weighted by atomic mass is 10.3. The van der Waals surface area contributed by atoms with E-state index in [4.69, 9.17) is 4.42 Å². The van der Waals surface area contributed by atoms with Gasteiger partial charge in [-0.3, -0.25) is 0 Å². The average molecular weight is 225 g/mol. The van der Waals surface area contributed by atoms with Crippen molar-refractivity contribution in [1.82, 2.24) is 10.2 Å². The molecule has 4 nitrogen and oxygen atoms in total. The minimum atomic E-state index is -0.897. The Morgan fingerprint density at radius 1 is 1.25 bits per heavy atom. The Kier molecular flexibility index (Phi) is 2.80. The molecular weight excluding hydrogens is 216 g/mol. The highest BCUT2D eigenvalue weighted by Crippen LogP contribution is 2.13. The smallest absolute Gasteiger partial charge is 0.235 e. The van der Waals surface area contributed by atoms with E-state index in [0.717, 1.165) is 12.1 Å². The van der Waals surface area contributed by atoms with Gasteiger partial charge in [0, 0.05) is 18.7 Å². The van der Waals surface area contributed by atoms with Gasteiger partial charge in [-0.25, -0.2) is 8.78 Å². The van der Waals surface area contributed by atoms with Gasteiger partial charge >= 0.3 is 0 Å². The number of hydrogen-bond donors (Lipinski definition) is 1. The molecule has 6 heteroatoms. The number of halogens is 2. The number of aryl methyl sites for hydroxylation is 1. The van der Waals surface area contributed by atoms with E-state index in [1.54, 1.807) is 6.92 Å². The summed E-state index contributed by atoms with van der Waals surface area (Å²) in [6.07, 6.45) is 0. The van der Waals surface area contributed by atoms with Crippen LogP contribution in [0.25, 0.3) is 0 Å². The zero-order valence-electron chi connectivity index (χ0n) is 8.50. The number of nitrogens with one attached hydrogen (secondary N) is 1. The normalized spacial score (nSPS) is 10.4. The summed E-state index contributed by atoms with van der Waals surface area (Å²) < 4.78 is 30.6. The van der Waals surface area contributed by atoms with Gasteiger partial charge in [0.25, 0.3) is 0 Å². The second-order valence-corrected chi connectivity index (χ2v) is 3.20. The number of anilines is 1. The van der Waals surface area contributed by atoms with Gasteiger partial charge in [0.15, 0.2) is 11.6 Å². The van der Waals surface area contributed by atoms with E-state index in [2.05, 4.69) is 15.5 Å². The van der Waals surface area contributed by atoms with Gasteiger partial charge in [0.2, 0.25) is 11.8 Å². The van der Waals surface area contributed by atoms with E-state index in [9.17, 15) is 8.78 Å². The molecule has 0 spiro atoms. The molecule has 0 amide bonds. The van der Waals surface area contributed by atoms with E-state index in [1.807, 2.05) is 0 Å². The van der Waals surface area contributed by atoms with Crippen LogP contribution in [-0.4, -0.2) is 10.2 Å². The Labute approximate surface area is 90.3 Å². The van der Waals surface area contributed by atoms with Gasteiger partial charge in [-0.15, -0.1) is 10.2 Å². The van der Waals surface area contributed by atoms with E-state index >= 15 is 0 Å². The van der Waals surface area contributed by atoms with Gasteiger partial charge in [-0.05, 0) is 12.1 Å². The van der Waals surface area contributed by atoms with Gasteiger partial charge in [-0.2, -0.15) is 0 Å². The van der Waals surface area contributed by atoms with Crippen molar-refractivity contribution in [3.63, 3.8) is 0 Å². The maximum Gasteiger partial charge on any atom is 0.235 e. The van der Waals surface area contributed by atoms with Crippen LogP contribution in [0.15, 0.2) is 22.6 Å². The number of hydrogen-bond acceptors (Lipinski definition) is 4. The summed E-state index contributed by atoms with van der Waals surface area (Å²) in [4.78, 5) is 0. The zero-order valence-corrected chi connectivity index (χ0v) is 8.50. The lowest BCUT2D eigenvalue weighted by Crippen LogP contribution is -2.00. The summed E-state index contributed by atoms with van der Waals surface area (Å²) in [5.74, 6) is -0.921. The van der Waals surface area contributed by atoms with Crippen LogP contribution >= 0.6 is 0 Å². The summed E-state index contributed by atoms with van der Waals surface area (Å²) in [5.41, 5.74) is 0.453. The van der Waals surface area contributed by atoms with Crippen molar-refractivity contribution in [3.8, 4) is 0 Å². The maximum atomic E-state index is 12.8. The highest BCUT2D eigenvalue weighted by molar-refractivity contribution is 5.43. The minimum Gasteiger partial charge on any atom is -0.424 e. The average Bonchev–Trinajstić information content (AvgIpc) is 2.66. The molecule has 0 unspecified atom stereocenters. The topological polar surface area (TPSA) is 51.0 Å². The third-order valence-corrected chi connectivity index (χ3v) is 1.93. The van der Waals surface area contributed by atoms with Crippen LogP contribution in [0.5, 0.6) is 0 Å².